The molecule has 21 aliphatic rings. The molecule has 0 bridgehead atoms. The summed E-state index contributed by atoms with van der Waals surface area (Å²) in [5.74, 6) is 12.8. The van der Waals surface area contributed by atoms with Crippen molar-refractivity contribution in [3.05, 3.63) is 0 Å². The third kappa shape index (κ3) is 19.2. The zero-order valence-electron chi connectivity index (χ0n) is 87.2. The molecule has 23 heteroatoms. The molecule has 9 saturated heterocycles. The third-order valence-electron chi connectivity index (χ3n) is 45.1. The Balaban J connectivity index is 0.000000130. The van der Waals surface area contributed by atoms with Gasteiger partial charge in [0.15, 0.2) is 17.4 Å². The van der Waals surface area contributed by atoms with Crippen LogP contribution in [-0.2, 0) is 57.2 Å². The fraction of sp³-hybridized carbons (Fsp3) is 0.946. The van der Waals surface area contributed by atoms with Gasteiger partial charge in [-0.2, -0.15) is 0 Å². The molecule has 3 spiro atoms. The number of carbonyl (C=O) groups excluding carboxylic acids is 6. The van der Waals surface area contributed by atoms with Crippen LogP contribution in [0.1, 0.15) is 314 Å². The molecule has 5 N–H and O–H groups in total. The lowest BCUT2D eigenvalue weighted by Gasteiger charge is -2.61. The van der Waals surface area contributed by atoms with E-state index in [0.29, 0.717) is 128 Å². The molecule has 12 saturated carbocycles. The molecule has 9 aliphatic heterocycles. The summed E-state index contributed by atoms with van der Waals surface area (Å²) in [6.07, 6.45) is 40.2. The fourth-order valence-corrected chi connectivity index (χ4v) is 37.3. The number of ether oxygens (including phenoxy) is 6. The summed E-state index contributed by atoms with van der Waals surface area (Å²) in [5, 5.41) is 16.0. The highest BCUT2D eigenvalue weighted by molar-refractivity contribution is 5.98. The molecular weight excluding hydrogens is 1690 g/mol. The first-order valence-corrected chi connectivity index (χ1v) is 56.6. The van der Waals surface area contributed by atoms with Crippen molar-refractivity contribution < 1.29 is 57.2 Å². The van der Waals surface area contributed by atoms with E-state index in [1.54, 1.807) is 0 Å². The van der Waals surface area contributed by atoms with E-state index in [-0.39, 0.29) is 96.2 Å². The van der Waals surface area contributed by atoms with Crippen LogP contribution in [0.15, 0.2) is 0 Å². The number of likely N-dealkylation sites (N-methyl/N-ethyl adjacent to an activating group) is 2. The van der Waals surface area contributed by atoms with Crippen molar-refractivity contribution in [2.24, 2.45) is 157 Å². The maximum absolute atomic E-state index is 13.1. The van der Waals surface area contributed by atoms with Gasteiger partial charge in [-0.15, -0.1) is 0 Å². The van der Waals surface area contributed by atoms with E-state index in [0.717, 1.165) is 235 Å². The van der Waals surface area contributed by atoms with Crippen LogP contribution in [-0.4, -0.2) is 264 Å². The molecule has 0 aromatic carbocycles. The monoisotopic (exact) mass is 1880 g/mol. The predicted molar refractivity (Wildman–Crippen MR) is 527 cm³/mol. The SMILES string of the molecule is C[C@H]1CC[C@@]2(OC1)O[C@H]1C[C@H]3[C@@H]4CC[C@@H]5CC(NC(=O)CC(=O)N6CCN(CCN(C)C)CC6)CC[C@]5(C)[C@H]4CC[C@]3(C)[C@H]1[C@@H]2C.C[C@H]1CC[C@@]2(OC1)O[C@H]1C[C@H]3[C@@H]4CC[C@@H]5CC(NC(=O)CC(=O)NC6CCN(C)CC6)CC[C@]5(C)[C@H]4CC[C@]3(C)[C@H]1[C@@H]2C.C[C@H]1CC[C@@]2(OC1)O[C@H]1C[C@H]3[C@@H]4CC[C@@H]5CC(NC(=O)CC(=O)NCCCN6CCN(C)CC6)CC[C@]5(C)[C@H]4CC[C@]3(C)[C@H]1[C@@H]2C. The number of likely N-dealkylation sites (tertiary alicyclic amines) is 1. The van der Waals surface area contributed by atoms with Crippen LogP contribution in [0.2, 0.25) is 0 Å². The number of rotatable bonds is 17. The molecule has 23 nitrogen and oxygen atoms in total. The topological polar surface area (TPSA) is 237 Å². The van der Waals surface area contributed by atoms with Crippen LogP contribution in [0, 0.1) is 157 Å². The summed E-state index contributed by atoms with van der Waals surface area (Å²) < 4.78 is 40.5. The van der Waals surface area contributed by atoms with E-state index in [1.807, 2.05) is 4.90 Å². The van der Waals surface area contributed by atoms with E-state index >= 15 is 0 Å². The second-order valence-corrected chi connectivity index (χ2v) is 52.7. The second kappa shape index (κ2) is 39.7. The van der Waals surface area contributed by atoms with Gasteiger partial charge in [0, 0.05) is 133 Å². The number of nitrogens with one attached hydrogen (secondary N) is 5. The van der Waals surface area contributed by atoms with E-state index in [9.17, 15) is 28.8 Å². The van der Waals surface area contributed by atoms with E-state index in [1.165, 1.54) is 135 Å². The van der Waals surface area contributed by atoms with Crippen LogP contribution in [0.4, 0.5) is 0 Å². The Bertz CT molecular complexity index is 4130. The predicted octanol–water partition coefficient (Wildman–Crippen LogP) is 15.6. The molecule has 762 valence electrons. The summed E-state index contributed by atoms with van der Waals surface area (Å²) >= 11 is 0. The number of nitrogens with zero attached hydrogens (tertiary/aromatic N) is 6. The number of hydrogen-bond donors (Lipinski definition) is 5. The Morgan fingerprint density at radius 3 is 1.05 bits per heavy atom. The van der Waals surface area contributed by atoms with Gasteiger partial charge in [-0.3, -0.25) is 33.7 Å². The Morgan fingerprint density at radius 1 is 0.341 bits per heavy atom. The first-order chi connectivity index (χ1) is 64.4. The molecule has 135 heavy (non-hydrogen) atoms. The molecule has 0 aromatic heterocycles. The Labute approximate surface area is 814 Å². The minimum absolute atomic E-state index is 0.00469. The number of fused-ring (bicyclic) bond motifs is 21. The zero-order chi connectivity index (χ0) is 94.8. The molecule has 21 rings (SSSR count). The van der Waals surface area contributed by atoms with Crippen LogP contribution >= 0.6 is 0 Å². The summed E-state index contributed by atoms with van der Waals surface area (Å²) in [7, 11) is 8.48. The zero-order valence-corrected chi connectivity index (χ0v) is 87.2. The molecule has 3 unspecified atom stereocenters. The van der Waals surface area contributed by atoms with E-state index in [2.05, 4.69) is 162 Å². The summed E-state index contributed by atoms with van der Waals surface area (Å²) in [4.78, 5) is 90.6. The first-order valence-electron chi connectivity index (χ1n) is 56.6. The first kappa shape index (κ1) is 100. The lowest BCUT2D eigenvalue weighted by molar-refractivity contribution is -0.273. The van der Waals surface area contributed by atoms with Gasteiger partial charge >= 0.3 is 0 Å². The van der Waals surface area contributed by atoms with Crippen molar-refractivity contribution in [1.82, 2.24) is 56.0 Å². The average Bonchev–Trinajstić information content (AvgIpc) is 1.55. The van der Waals surface area contributed by atoms with Crippen LogP contribution in [0.5, 0.6) is 0 Å². The van der Waals surface area contributed by atoms with E-state index in [4.69, 9.17) is 28.4 Å². The second-order valence-electron chi connectivity index (χ2n) is 52.7. The van der Waals surface area contributed by atoms with Crippen LogP contribution < -0.4 is 26.6 Å². The molecular formula is C112H187N11O12. The molecule has 0 radical (unpaired) electrons. The fourth-order valence-electron chi connectivity index (χ4n) is 37.3. The van der Waals surface area contributed by atoms with Gasteiger partial charge < -0.3 is 79.5 Å². The van der Waals surface area contributed by atoms with Gasteiger partial charge in [0.2, 0.25) is 35.4 Å². The van der Waals surface area contributed by atoms with Gasteiger partial charge in [0.05, 0.1) is 38.1 Å². The number of carbonyl (C=O) groups is 6. The average molecular weight is 1880 g/mol. The van der Waals surface area contributed by atoms with Crippen molar-refractivity contribution in [2.75, 3.05) is 140 Å². The highest BCUT2D eigenvalue weighted by Crippen LogP contribution is 2.76. The normalized spacial score (nSPS) is 48.2. The lowest BCUT2D eigenvalue weighted by atomic mass is 9.44. The van der Waals surface area contributed by atoms with Crippen molar-refractivity contribution in [3.8, 4) is 0 Å². The molecule has 21 fully saturated rings. The van der Waals surface area contributed by atoms with E-state index < -0.39 is 0 Å². The molecule has 12 aliphatic carbocycles. The van der Waals surface area contributed by atoms with Gasteiger partial charge in [-0.25, -0.2) is 0 Å². The maximum atomic E-state index is 13.1. The number of amides is 6. The van der Waals surface area contributed by atoms with Crippen LogP contribution in [0.3, 0.4) is 0 Å². The van der Waals surface area contributed by atoms with Crippen molar-refractivity contribution >= 4 is 35.4 Å². The van der Waals surface area contributed by atoms with Gasteiger partial charge in [0.25, 0.3) is 0 Å². The highest BCUT2D eigenvalue weighted by atomic mass is 16.7. The number of piperidine rings is 1. The molecule has 36 atom stereocenters. The quantitative estimate of drug-likeness (QED) is 0.0672. The van der Waals surface area contributed by atoms with Crippen molar-refractivity contribution in [2.45, 2.75) is 374 Å². The van der Waals surface area contributed by atoms with Crippen LogP contribution in [0.25, 0.3) is 0 Å². The Morgan fingerprint density at radius 2 is 0.681 bits per heavy atom. The largest absolute Gasteiger partial charge is 0.356 e. The summed E-state index contributed by atoms with van der Waals surface area (Å²) in [5.41, 5.74) is 2.18. The molecule has 9 heterocycles. The van der Waals surface area contributed by atoms with Gasteiger partial charge in [0.1, 0.15) is 19.3 Å². The lowest BCUT2D eigenvalue weighted by Crippen LogP contribution is -2.56. The highest BCUT2D eigenvalue weighted by Gasteiger charge is 2.74. The smallest absolute Gasteiger partial charge is 0.232 e. The third-order valence-corrected chi connectivity index (χ3v) is 45.1. The van der Waals surface area contributed by atoms with Gasteiger partial charge in [-0.05, 0) is 379 Å². The Hall–Kier alpha value is -3.62. The van der Waals surface area contributed by atoms with Crippen molar-refractivity contribution in [3.63, 3.8) is 0 Å². The minimum atomic E-state index is -0.329. The van der Waals surface area contributed by atoms with Gasteiger partial charge in [-0.1, -0.05) is 83.1 Å². The molecule has 0 aromatic rings. The number of hydrogen-bond acceptors (Lipinski definition) is 17. The minimum Gasteiger partial charge on any atom is -0.356 e. The van der Waals surface area contributed by atoms with Crippen molar-refractivity contribution in [1.29, 1.82) is 0 Å². The summed E-state index contributed by atoms with van der Waals surface area (Å²) in [6, 6.07) is 0.831. The summed E-state index contributed by atoms with van der Waals surface area (Å²) in [6.45, 7) is 45.9. The molecule has 6 amide bonds. The Kier molecular flexibility index (Phi) is 29.5. The standard InChI is InChI=1S/2C38H64N4O4.C36H59N3O4/c1-25-9-14-38(45-24-25)26(2)35-32(46-38)22-31-29-8-7-27-21-28(10-12-36(27,3)30(29)11-13-37(31,35)4)39-33(43)23-34(44)42-19-17-41(18-20-42)16-15-40(5)6;1-25-9-14-38(45-24-25)26(2)35-32(46-38)22-31-29-8-7-27-21-28(10-12-36(27,3)30(29)11-13-37(31,35)4)40-34(44)23-33(43)39-15-6-16-42-19-17-41(5)18-20-42;1-22-8-15-36(42-21-22)23(2)33-30(43-36)19-29-27-7-6-24-18-26(9-13-34(24,3)28(27)10-14-35(29,33)4)38-32(41)20-31(40)37-25-11-16-39(5)17-12-25/h25-32,35H,7-24H2,1-6H3,(H,39,43);25-32,35H,6-24H2,1-5H3,(H,39,43)(H,40,44);22-30,33H,6-21H2,1-5H3,(H,37,40)(H,38,41)/t2*25-,26-,27+,28?,29+,30-,31-,32-,35-,36-,37-,38+;22-,23-,24+,26?,27+,28-,29-,30-,33-,34-,35-,36+/m000/s1. The number of piperazine rings is 2. The maximum Gasteiger partial charge on any atom is 0.232 e.